The number of benzene rings is 2. The van der Waals surface area contributed by atoms with E-state index in [2.05, 4.69) is 15.9 Å². The molecule has 0 unspecified atom stereocenters. The Morgan fingerprint density at radius 2 is 1.93 bits per heavy atom. The van der Waals surface area contributed by atoms with Crippen LogP contribution in [0.5, 0.6) is 0 Å². The molecule has 15 heavy (non-hydrogen) atoms. The second kappa shape index (κ2) is 3.26. The van der Waals surface area contributed by atoms with E-state index >= 15 is 0 Å². The fourth-order valence-electron chi connectivity index (χ4n) is 1.76. The third kappa shape index (κ3) is 1.36. The maximum absolute atomic E-state index is 5.91. The zero-order chi connectivity index (χ0) is 10.4. The fraction of sp³-hybridized carbons (Fsp3) is 0. The van der Waals surface area contributed by atoms with Crippen LogP contribution in [0.4, 0.5) is 0 Å². The Morgan fingerprint density at radius 3 is 2.80 bits per heavy atom. The third-order valence-corrected chi connectivity index (χ3v) is 3.30. The summed E-state index contributed by atoms with van der Waals surface area (Å²) in [6.07, 6.45) is 0. The zero-order valence-electron chi connectivity index (χ0n) is 7.63. The molecule has 74 valence electrons. The van der Waals surface area contributed by atoms with Gasteiger partial charge in [-0.3, -0.25) is 0 Å². The minimum atomic E-state index is 0.692. The minimum absolute atomic E-state index is 0.692. The maximum atomic E-state index is 5.91. The SMILES string of the molecule is Clc1ccc2c(c1)oc1cccc(Br)c12. The van der Waals surface area contributed by atoms with Gasteiger partial charge in [-0.15, -0.1) is 0 Å². The van der Waals surface area contributed by atoms with Crippen LogP contribution in [0, 0.1) is 0 Å². The van der Waals surface area contributed by atoms with E-state index < -0.39 is 0 Å². The summed E-state index contributed by atoms with van der Waals surface area (Å²) < 4.78 is 6.74. The molecule has 0 radical (unpaired) electrons. The van der Waals surface area contributed by atoms with Gasteiger partial charge in [0, 0.05) is 26.3 Å². The molecule has 3 aromatic rings. The second-order valence-electron chi connectivity index (χ2n) is 3.36. The molecule has 3 rings (SSSR count). The van der Waals surface area contributed by atoms with Crippen LogP contribution in [-0.4, -0.2) is 0 Å². The molecule has 0 N–H and O–H groups in total. The molecule has 0 atom stereocenters. The Morgan fingerprint density at radius 1 is 1.07 bits per heavy atom. The highest BCUT2D eigenvalue weighted by Gasteiger charge is 2.09. The van der Waals surface area contributed by atoms with E-state index in [0.29, 0.717) is 5.02 Å². The van der Waals surface area contributed by atoms with Gasteiger partial charge in [0.05, 0.1) is 0 Å². The first-order valence-corrected chi connectivity index (χ1v) is 5.69. The summed E-state index contributed by atoms with van der Waals surface area (Å²) in [6.45, 7) is 0. The third-order valence-electron chi connectivity index (χ3n) is 2.41. The van der Waals surface area contributed by atoms with E-state index in [-0.39, 0.29) is 0 Å². The molecule has 0 bridgehead atoms. The van der Waals surface area contributed by atoms with Gasteiger partial charge in [0.15, 0.2) is 0 Å². The van der Waals surface area contributed by atoms with Crippen molar-refractivity contribution in [1.82, 2.24) is 0 Å². The molecule has 0 spiro atoms. The van der Waals surface area contributed by atoms with Gasteiger partial charge in [0.2, 0.25) is 0 Å². The molecule has 0 amide bonds. The van der Waals surface area contributed by atoms with Crippen molar-refractivity contribution in [3.05, 3.63) is 45.9 Å². The van der Waals surface area contributed by atoms with Crippen molar-refractivity contribution in [2.45, 2.75) is 0 Å². The first-order valence-electron chi connectivity index (χ1n) is 4.52. The largest absolute Gasteiger partial charge is 0.456 e. The highest BCUT2D eigenvalue weighted by molar-refractivity contribution is 9.10. The van der Waals surface area contributed by atoms with Crippen LogP contribution < -0.4 is 0 Å². The molecule has 0 aliphatic rings. The lowest BCUT2D eigenvalue weighted by Crippen LogP contribution is -1.68. The lowest BCUT2D eigenvalue weighted by molar-refractivity contribution is 0.669. The molecule has 0 saturated heterocycles. The van der Waals surface area contributed by atoms with Gasteiger partial charge in [0.1, 0.15) is 11.2 Å². The van der Waals surface area contributed by atoms with E-state index in [1.165, 1.54) is 0 Å². The van der Waals surface area contributed by atoms with E-state index in [0.717, 1.165) is 26.4 Å². The van der Waals surface area contributed by atoms with Crippen LogP contribution in [0.3, 0.4) is 0 Å². The summed E-state index contributed by atoms with van der Waals surface area (Å²) in [7, 11) is 0. The number of fused-ring (bicyclic) bond motifs is 3. The smallest absolute Gasteiger partial charge is 0.136 e. The van der Waals surface area contributed by atoms with Crippen LogP contribution in [0.2, 0.25) is 5.02 Å². The maximum Gasteiger partial charge on any atom is 0.136 e. The second-order valence-corrected chi connectivity index (χ2v) is 4.65. The summed E-state index contributed by atoms with van der Waals surface area (Å²) in [6, 6.07) is 11.6. The van der Waals surface area contributed by atoms with Crippen molar-refractivity contribution in [1.29, 1.82) is 0 Å². The van der Waals surface area contributed by atoms with Gasteiger partial charge < -0.3 is 4.42 Å². The quantitative estimate of drug-likeness (QED) is 0.565. The summed E-state index contributed by atoms with van der Waals surface area (Å²) in [5.41, 5.74) is 1.70. The molecule has 1 nitrogen and oxygen atoms in total. The van der Waals surface area contributed by atoms with E-state index in [1.807, 2.05) is 36.4 Å². The first-order chi connectivity index (χ1) is 7.25. The highest BCUT2D eigenvalue weighted by Crippen LogP contribution is 2.34. The van der Waals surface area contributed by atoms with Gasteiger partial charge >= 0.3 is 0 Å². The Hall–Kier alpha value is -0.990. The number of furan rings is 1. The van der Waals surface area contributed by atoms with Crippen molar-refractivity contribution < 1.29 is 4.42 Å². The van der Waals surface area contributed by atoms with Gasteiger partial charge in [0.25, 0.3) is 0 Å². The summed E-state index contributed by atoms with van der Waals surface area (Å²) >= 11 is 9.44. The molecule has 0 fully saturated rings. The summed E-state index contributed by atoms with van der Waals surface area (Å²) in [4.78, 5) is 0. The van der Waals surface area contributed by atoms with E-state index in [1.54, 1.807) is 0 Å². The van der Waals surface area contributed by atoms with Crippen molar-refractivity contribution in [2.75, 3.05) is 0 Å². The van der Waals surface area contributed by atoms with Crippen LogP contribution >= 0.6 is 27.5 Å². The number of hydrogen-bond donors (Lipinski definition) is 0. The first kappa shape index (κ1) is 9.25. The predicted octanol–water partition coefficient (Wildman–Crippen LogP) is 5.00. The number of halogens is 2. The van der Waals surface area contributed by atoms with Crippen LogP contribution in [0.1, 0.15) is 0 Å². The number of hydrogen-bond acceptors (Lipinski definition) is 1. The normalized spacial score (nSPS) is 11.3. The van der Waals surface area contributed by atoms with Gasteiger partial charge in [-0.25, -0.2) is 0 Å². The Labute approximate surface area is 99.8 Å². The van der Waals surface area contributed by atoms with Crippen LogP contribution in [0.25, 0.3) is 21.9 Å². The molecule has 0 aliphatic carbocycles. The van der Waals surface area contributed by atoms with Gasteiger partial charge in [-0.1, -0.05) is 33.6 Å². The lowest BCUT2D eigenvalue weighted by Gasteiger charge is -1.92. The Kier molecular flexibility index (Phi) is 2.01. The summed E-state index contributed by atoms with van der Waals surface area (Å²) in [5, 5.41) is 2.88. The molecule has 2 aromatic carbocycles. The molecular weight excluding hydrogens is 275 g/mol. The van der Waals surface area contributed by atoms with Crippen molar-refractivity contribution in [3.8, 4) is 0 Å². The van der Waals surface area contributed by atoms with Crippen molar-refractivity contribution in [3.63, 3.8) is 0 Å². The predicted molar refractivity (Wildman–Crippen MR) is 66.4 cm³/mol. The molecule has 0 saturated carbocycles. The summed E-state index contributed by atoms with van der Waals surface area (Å²) in [5.74, 6) is 0. The van der Waals surface area contributed by atoms with E-state index in [9.17, 15) is 0 Å². The highest BCUT2D eigenvalue weighted by atomic mass is 79.9. The number of rotatable bonds is 0. The molecular formula is C12H6BrClO. The molecule has 0 aliphatic heterocycles. The molecule has 3 heteroatoms. The molecule has 1 aromatic heterocycles. The van der Waals surface area contributed by atoms with E-state index in [4.69, 9.17) is 16.0 Å². The Bertz CT molecular complexity index is 657. The van der Waals surface area contributed by atoms with Crippen molar-refractivity contribution in [2.24, 2.45) is 0 Å². The van der Waals surface area contributed by atoms with Gasteiger partial charge in [-0.05, 0) is 24.3 Å². The standard InChI is InChI=1S/C12H6BrClO/c13-9-2-1-3-10-12(9)8-5-4-7(14)6-11(8)15-10/h1-6H. The fourth-order valence-corrected chi connectivity index (χ4v) is 2.48. The van der Waals surface area contributed by atoms with Crippen molar-refractivity contribution >= 4 is 49.5 Å². The topological polar surface area (TPSA) is 13.1 Å². The van der Waals surface area contributed by atoms with Crippen LogP contribution in [-0.2, 0) is 0 Å². The lowest BCUT2D eigenvalue weighted by atomic mass is 10.1. The average molecular weight is 282 g/mol. The minimum Gasteiger partial charge on any atom is -0.456 e. The van der Waals surface area contributed by atoms with Crippen LogP contribution in [0.15, 0.2) is 45.3 Å². The molecule has 1 heterocycles. The average Bonchev–Trinajstić information content (AvgIpc) is 2.56. The monoisotopic (exact) mass is 280 g/mol. The Balaban J connectivity index is 2.59. The van der Waals surface area contributed by atoms with Gasteiger partial charge in [-0.2, -0.15) is 0 Å². The zero-order valence-corrected chi connectivity index (χ0v) is 9.97.